The third-order valence-electron chi connectivity index (χ3n) is 4.70. The Balaban J connectivity index is 1.76. The van der Waals surface area contributed by atoms with Gasteiger partial charge >= 0.3 is 5.97 Å². The Morgan fingerprint density at radius 2 is 1.76 bits per heavy atom. The molecule has 2 aromatic carbocycles. The number of rotatable bonds is 10. The Hall–Kier alpha value is -2.90. The van der Waals surface area contributed by atoms with Gasteiger partial charge < -0.3 is 19.3 Å². The van der Waals surface area contributed by atoms with Crippen molar-refractivity contribution < 1.29 is 41.6 Å². The second kappa shape index (κ2) is 11.3. The van der Waals surface area contributed by atoms with Crippen LogP contribution in [0.2, 0.25) is 0 Å². The molecule has 3 rings (SSSR count). The molecule has 1 saturated heterocycles. The first-order valence-corrected chi connectivity index (χ1v) is 11.5. The van der Waals surface area contributed by atoms with E-state index in [9.17, 15) is 28.4 Å². The first kappa shape index (κ1) is 24.7. The van der Waals surface area contributed by atoms with Crippen LogP contribution in [-0.4, -0.2) is 56.1 Å². The fourth-order valence-corrected chi connectivity index (χ4v) is 4.05. The summed E-state index contributed by atoms with van der Waals surface area (Å²) in [6.07, 6.45) is -3.96. The second-order valence-electron chi connectivity index (χ2n) is 7.14. The second-order valence-corrected chi connectivity index (χ2v) is 8.72. The summed E-state index contributed by atoms with van der Waals surface area (Å²) >= 11 is 0. The highest BCUT2D eigenvalue weighted by Crippen LogP contribution is 2.22. The van der Waals surface area contributed by atoms with Gasteiger partial charge in [0.1, 0.15) is 6.61 Å². The molecule has 0 bridgehead atoms. The quantitative estimate of drug-likeness (QED) is 0.231. The van der Waals surface area contributed by atoms with Gasteiger partial charge in [-0.05, 0) is 24.1 Å². The van der Waals surface area contributed by atoms with Crippen LogP contribution in [0.25, 0.3) is 0 Å². The highest BCUT2D eigenvalue weighted by atomic mass is 32.2. The number of aliphatic hydroxyl groups excluding tert-OH is 1. The average Bonchev–Trinajstić information content (AvgIpc) is 2.82. The molecule has 33 heavy (non-hydrogen) atoms. The van der Waals surface area contributed by atoms with Gasteiger partial charge in [-0.25, -0.2) is 8.98 Å². The van der Waals surface area contributed by atoms with Crippen LogP contribution in [0.5, 0.6) is 0 Å². The number of nitro benzene ring substituents is 1. The summed E-state index contributed by atoms with van der Waals surface area (Å²) in [7, 11) is -4.58. The Labute approximate surface area is 190 Å². The molecule has 11 nitrogen and oxygen atoms in total. The van der Waals surface area contributed by atoms with Gasteiger partial charge in [-0.2, -0.15) is 8.42 Å². The summed E-state index contributed by atoms with van der Waals surface area (Å²) < 4.78 is 46.4. The van der Waals surface area contributed by atoms with E-state index in [1.54, 1.807) is 30.3 Å². The van der Waals surface area contributed by atoms with Crippen LogP contribution in [0.3, 0.4) is 0 Å². The molecule has 0 spiro atoms. The number of ether oxygens (including phenoxy) is 3. The normalized spacial score (nSPS) is 16.6. The van der Waals surface area contributed by atoms with E-state index >= 15 is 0 Å². The first-order valence-electron chi connectivity index (χ1n) is 10.1. The van der Waals surface area contributed by atoms with Crippen molar-refractivity contribution in [3.8, 4) is 0 Å². The average molecular weight is 481 g/mol. The maximum Gasteiger partial charge on any atom is 0.339 e. The molecule has 1 heterocycles. The van der Waals surface area contributed by atoms with Crippen molar-refractivity contribution in [2.45, 2.75) is 42.8 Å². The third-order valence-corrected chi connectivity index (χ3v) is 6.01. The van der Waals surface area contributed by atoms with E-state index in [1.165, 1.54) is 0 Å². The Morgan fingerprint density at radius 3 is 2.36 bits per heavy atom. The summed E-state index contributed by atoms with van der Waals surface area (Å²) in [4.78, 5) is 22.4. The molecule has 0 saturated carbocycles. The summed E-state index contributed by atoms with van der Waals surface area (Å²) in [6.45, 7) is 0.616. The van der Waals surface area contributed by atoms with Crippen LogP contribution < -0.4 is 0 Å². The number of hydrogen-bond acceptors (Lipinski definition) is 10. The van der Waals surface area contributed by atoms with Gasteiger partial charge in [0.25, 0.3) is 15.8 Å². The molecule has 1 aliphatic rings. The highest BCUT2D eigenvalue weighted by molar-refractivity contribution is 7.86. The molecule has 1 aliphatic heterocycles. The van der Waals surface area contributed by atoms with Crippen LogP contribution in [0, 0.1) is 10.1 Å². The molecule has 0 aliphatic carbocycles. The molecule has 0 aromatic heterocycles. The third kappa shape index (κ3) is 7.04. The SMILES string of the molecule is O=C(OCc1ccccc1)[C@@H](OS(=O)(=O)c1ccc([N+](=O)[O-])cc1)[C@H](O)CC1OCCCO1. The molecule has 0 amide bonds. The predicted molar refractivity (Wildman–Crippen MR) is 112 cm³/mol. The van der Waals surface area contributed by atoms with Crippen LogP contribution in [0.4, 0.5) is 5.69 Å². The van der Waals surface area contributed by atoms with E-state index in [4.69, 9.17) is 18.4 Å². The molecule has 0 radical (unpaired) electrons. The lowest BCUT2D eigenvalue weighted by Gasteiger charge is -2.27. The van der Waals surface area contributed by atoms with Crippen molar-refractivity contribution in [1.29, 1.82) is 0 Å². The van der Waals surface area contributed by atoms with Gasteiger partial charge in [0.2, 0.25) is 6.10 Å². The van der Waals surface area contributed by atoms with Gasteiger partial charge in [0.05, 0.1) is 29.1 Å². The summed E-state index contributed by atoms with van der Waals surface area (Å²) in [5.74, 6) is -1.10. The van der Waals surface area contributed by atoms with Gasteiger partial charge in [0, 0.05) is 18.6 Å². The molecule has 1 fully saturated rings. The molecule has 178 valence electrons. The topological polar surface area (TPSA) is 151 Å². The van der Waals surface area contributed by atoms with Crippen LogP contribution >= 0.6 is 0 Å². The number of nitro groups is 1. The summed E-state index contributed by atoms with van der Waals surface area (Å²) in [6, 6.07) is 12.6. The fraction of sp³-hybridized carbons (Fsp3) is 0.381. The Bertz CT molecular complexity index is 1040. The Kier molecular flexibility index (Phi) is 8.47. The smallest absolute Gasteiger partial charge is 0.339 e. The molecular formula is C21H23NO10S. The van der Waals surface area contributed by atoms with E-state index in [0.717, 1.165) is 24.3 Å². The maximum absolute atomic E-state index is 12.7. The van der Waals surface area contributed by atoms with Crippen molar-refractivity contribution in [2.24, 2.45) is 0 Å². The van der Waals surface area contributed by atoms with Gasteiger partial charge in [-0.1, -0.05) is 30.3 Å². The minimum Gasteiger partial charge on any atom is -0.459 e. The molecule has 0 unspecified atom stereocenters. The number of nitrogens with zero attached hydrogens (tertiary/aromatic N) is 1. The van der Waals surface area contributed by atoms with Crippen molar-refractivity contribution in [1.82, 2.24) is 0 Å². The van der Waals surface area contributed by atoms with Crippen LogP contribution in [0.1, 0.15) is 18.4 Å². The molecule has 12 heteroatoms. The number of esters is 1. The zero-order chi connectivity index (χ0) is 23.8. The van der Waals surface area contributed by atoms with Gasteiger partial charge in [-0.15, -0.1) is 0 Å². The monoisotopic (exact) mass is 481 g/mol. The first-order chi connectivity index (χ1) is 15.8. The lowest BCUT2D eigenvalue weighted by atomic mass is 10.1. The predicted octanol–water partition coefficient (Wildman–Crippen LogP) is 1.93. The lowest BCUT2D eigenvalue weighted by Crippen LogP contribution is -2.42. The number of carbonyl (C=O) groups is 1. The van der Waals surface area contributed by atoms with Crippen molar-refractivity contribution in [2.75, 3.05) is 13.2 Å². The fourth-order valence-electron chi connectivity index (χ4n) is 2.99. The lowest BCUT2D eigenvalue weighted by molar-refractivity contribution is -0.384. The van der Waals surface area contributed by atoms with Crippen molar-refractivity contribution in [3.05, 3.63) is 70.3 Å². The number of benzene rings is 2. The largest absolute Gasteiger partial charge is 0.459 e. The van der Waals surface area contributed by atoms with E-state index in [-0.39, 0.29) is 18.7 Å². The summed E-state index contributed by atoms with van der Waals surface area (Å²) in [5.41, 5.74) is 0.329. The van der Waals surface area contributed by atoms with E-state index < -0.39 is 44.4 Å². The number of carbonyl (C=O) groups excluding carboxylic acids is 1. The Morgan fingerprint density at radius 1 is 1.12 bits per heavy atom. The molecule has 1 N–H and O–H groups in total. The van der Waals surface area contributed by atoms with E-state index in [0.29, 0.717) is 25.2 Å². The highest BCUT2D eigenvalue weighted by Gasteiger charge is 2.37. The molecular weight excluding hydrogens is 458 g/mol. The van der Waals surface area contributed by atoms with Crippen molar-refractivity contribution >= 4 is 21.8 Å². The standard InChI is InChI=1S/C21H23NO10S/c23-18(13-19-29-11-4-12-30-19)20(21(24)31-14-15-5-2-1-3-6-15)32-33(27,28)17-9-7-16(8-10-17)22(25)26/h1-3,5-10,18-20,23H,4,11-14H2/t18-,20+/m1/s1. The zero-order valence-corrected chi connectivity index (χ0v) is 18.3. The van der Waals surface area contributed by atoms with E-state index in [2.05, 4.69) is 0 Å². The van der Waals surface area contributed by atoms with Crippen LogP contribution in [0.15, 0.2) is 59.5 Å². The molecule has 2 atom stereocenters. The van der Waals surface area contributed by atoms with E-state index in [1.807, 2.05) is 0 Å². The number of aliphatic hydroxyl groups is 1. The minimum absolute atomic E-state index is 0.166. The van der Waals surface area contributed by atoms with Gasteiger partial charge in [0.15, 0.2) is 6.29 Å². The van der Waals surface area contributed by atoms with Crippen LogP contribution in [-0.2, 0) is 39.9 Å². The zero-order valence-electron chi connectivity index (χ0n) is 17.4. The minimum atomic E-state index is -4.58. The van der Waals surface area contributed by atoms with Crippen molar-refractivity contribution in [3.63, 3.8) is 0 Å². The van der Waals surface area contributed by atoms with Gasteiger partial charge in [-0.3, -0.25) is 10.1 Å². The summed E-state index contributed by atoms with van der Waals surface area (Å²) in [5, 5.41) is 21.4. The number of hydrogen-bond donors (Lipinski definition) is 1. The maximum atomic E-state index is 12.7. The number of non-ortho nitro benzene ring substituents is 1. The molecule has 2 aromatic rings.